The van der Waals surface area contributed by atoms with Gasteiger partial charge in [0.25, 0.3) is 0 Å². The van der Waals surface area contributed by atoms with E-state index in [4.69, 9.17) is 9.84 Å². The Hall–Kier alpha value is -1.35. The number of nitrogens with zero attached hydrogens (tertiary/aromatic N) is 1. The maximum atomic E-state index is 13.8. The molecule has 0 saturated carbocycles. The molecule has 0 amide bonds. The van der Waals surface area contributed by atoms with Crippen molar-refractivity contribution >= 4 is 10.0 Å². The van der Waals surface area contributed by atoms with Gasteiger partial charge in [0, 0.05) is 20.2 Å². The van der Waals surface area contributed by atoms with Crippen LogP contribution in [-0.4, -0.2) is 44.6 Å². The number of halogens is 2. The van der Waals surface area contributed by atoms with Gasteiger partial charge in [0.2, 0.25) is 10.0 Å². The Morgan fingerprint density at radius 1 is 1.43 bits per heavy atom. The van der Waals surface area contributed by atoms with Gasteiger partial charge < -0.3 is 9.84 Å². The van der Waals surface area contributed by atoms with Crippen molar-refractivity contribution in [2.24, 2.45) is 0 Å². The van der Waals surface area contributed by atoms with Gasteiger partial charge in [0.1, 0.15) is 4.90 Å². The molecule has 0 aromatic heterocycles. The van der Waals surface area contributed by atoms with Crippen LogP contribution in [0.15, 0.2) is 29.7 Å². The third-order valence-electron chi connectivity index (χ3n) is 2.73. The van der Waals surface area contributed by atoms with Gasteiger partial charge in [0.15, 0.2) is 11.6 Å². The summed E-state index contributed by atoms with van der Waals surface area (Å²) in [7, 11) is -2.87. The third-order valence-corrected chi connectivity index (χ3v) is 4.60. The Bertz CT molecular complexity index is 604. The van der Waals surface area contributed by atoms with Crippen LogP contribution in [0.25, 0.3) is 0 Å². The summed E-state index contributed by atoms with van der Waals surface area (Å²) in [5.74, 6) is -2.80. The van der Waals surface area contributed by atoms with Gasteiger partial charge in [-0.15, -0.1) is 6.58 Å². The van der Waals surface area contributed by atoms with Crippen LogP contribution in [-0.2, 0) is 21.4 Å². The molecule has 21 heavy (non-hydrogen) atoms. The molecule has 0 unspecified atom stereocenters. The minimum absolute atomic E-state index is 0.0298. The minimum Gasteiger partial charge on any atom is -0.392 e. The molecule has 0 fully saturated rings. The predicted molar refractivity (Wildman–Crippen MR) is 73.1 cm³/mol. The van der Waals surface area contributed by atoms with E-state index in [1.807, 2.05) is 0 Å². The number of aliphatic hydroxyl groups excluding tert-OH is 1. The number of benzene rings is 1. The molecule has 0 aliphatic carbocycles. The van der Waals surface area contributed by atoms with E-state index in [2.05, 4.69) is 6.58 Å². The van der Waals surface area contributed by atoms with Gasteiger partial charge in [0.05, 0.1) is 13.2 Å². The van der Waals surface area contributed by atoms with Crippen LogP contribution in [0.1, 0.15) is 5.56 Å². The first-order chi connectivity index (χ1) is 9.88. The fourth-order valence-corrected chi connectivity index (χ4v) is 3.20. The standard InChI is InChI=1S/C13H17F2NO4S/c1-3-4-16(5-6-20-2)21(18,19)12-8-10(9-17)7-11(14)13(12)15/h3,7-8,17H,1,4-6,9H2,2H3. The second-order valence-electron chi connectivity index (χ2n) is 4.19. The van der Waals surface area contributed by atoms with Gasteiger partial charge >= 0.3 is 0 Å². The number of rotatable bonds is 8. The molecular weight excluding hydrogens is 304 g/mol. The molecule has 0 bridgehead atoms. The van der Waals surface area contributed by atoms with Gasteiger partial charge in [-0.05, 0) is 17.7 Å². The highest BCUT2D eigenvalue weighted by Crippen LogP contribution is 2.23. The van der Waals surface area contributed by atoms with E-state index < -0.39 is 33.2 Å². The summed E-state index contributed by atoms with van der Waals surface area (Å²) >= 11 is 0. The van der Waals surface area contributed by atoms with Crippen molar-refractivity contribution in [3.8, 4) is 0 Å². The van der Waals surface area contributed by atoms with Crippen molar-refractivity contribution in [2.75, 3.05) is 26.8 Å². The van der Waals surface area contributed by atoms with E-state index in [1.165, 1.54) is 13.2 Å². The molecule has 0 aliphatic rings. The molecule has 1 aromatic carbocycles. The van der Waals surface area contributed by atoms with E-state index in [0.717, 1.165) is 16.4 Å². The fourth-order valence-electron chi connectivity index (χ4n) is 1.68. The number of methoxy groups -OCH3 is 1. The zero-order valence-electron chi connectivity index (χ0n) is 11.6. The minimum atomic E-state index is -4.27. The average Bonchev–Trinajstić information content (AvgIpc) is 2.45. The second kappa shape index (κ2) is 7.60. The Labute approximate surface area is 122 Å². The zero-order valence-corrected chi connectivity index (χ0v) is 12.4. The second-order valence-corrected chi connectivity index (χ2v) is 6.10. The van der Waals surface area contributed by atoms with Crippen molar-refractivity contribution < 1.29 is 27.0 Å². The maximum Gasteiger partial charge on any atom is 0.246 e. The molecule has 0 heterocycles. The quantitative estimate of drug-likeness (QED) is 0.733. The first-order valence-corrected chi connectivity index (χ1v) is 7.51. The summed E-state index contributed by atoms with van der Waals surface area (Å²) in [4.78, 5) is -0.815. The van der Waals surface area contributed by atoms with Crippen LogP contribution in [0.4, 0.5) is 8.78 Å². The van der Waals surface area contributed by atoms with Gasteiger partial charge in [-0.25, -0.2) is 17.2 Å². The average molecular weight is 321 g/mol. The summed E-state index contributed by atoms with van der Waals surface area (Å²) in [6.45, 7) is 2.83. The SMILES string of the molecule is C=CCN(CCOC)S(=O)(=O)c1cc(CO)cc(F)c1F. The van der Waals surface area contributed by atoms with Gasteiger partial charge in [-0.3, -0.25) is 0 Å². The monoisotopic (exact) mass is 321 g/mol. The molecular formula is C13H17F2NO4S. The number of aliphatic hydroxyl groups is 1. The van der Waals surface area contributed by atoms with Crippen LogP contribution in [0.5, 0.6) is 0 Å². The fraction of sp³-hybridized carbons (Fsp3) is 0.385. The Morgan fingerprint density at radius 3 is 2.62 bits per heavy atom. The smallest absolute Gasteiger partial charge is 0.246 e. The van der Waals surface area contributed by atoms with Gasteiger partial charge in [-0.1, -0.05) is 6.08 Å². The lowest BCUT2D eigenvalue weighted by Gasteiger charge is -2.21. The highest BCUT2D eigenvalue weighted by Gasteiger charge is 2.28. The molecule has 0 radical (unpaired) electrons. The summed E-state index contributed by atoms with van der Waals surface area (Å²) in [5, 5.41) is 8.99. The normalized spacial score (nSPS) is 11.9. The molecule has 8 heteroatoms. The lowest BCUT2D eigenvalue weighted by atomic mass is 10.2. The molecule has 1 N–H and O–H groups in total. The lowest BCUT2D eigenvalue weighted by Crippen LogP contribution is -2.34. The van der Waals surface area contributed by atoms with Crippen LogP contribution in [0, 0.1) is 11.6 Å². The van der Waals surface area contributed by atoms with Crippen LogP contribution in [0.2, 0.25) is 0 Å². The Balaban J connectivity index is 3.32. The summed E-state index contributed by atoms with van der Waals surface area (Å²) in [6, 6.07) is 1.66. The lowest BCUT2D eigenvalue weighted by molar-refractivity contribution is 0.182. The molecule has 5 nitrogen and oxygen atoms in total. The predicted octanol–water partition coefficient (Wildman–Crippen LogP) is 1.28. The van der Waals surface area contributed by atoms with E-state index in [0.29, 0.717) is 0 Å². The van der Waals surface area contributed by atoms with E-state index in [-0.39, 0.29) is 25.3 Å². The molecule has 0 spiro atoms. The molecule has 0 saturated heterocycles. The van der Waals surface area contributed by atoms with Crippen molar-refractivity contribution in [3.63, 3.8) is 0 Å². The number of ether oxygens (including phenoxy) is 1. The molecule has 118 valence electrons. The number of sulfonamides is 1. The first-order valence-electron chi connectivity index (χ1n) is 6.07. The molecule has 0 aliphatic heterocycles. The Morgan fingerprint density at radius 2 is 2.10 bits per heavy atom. The van der Waals surface area contributed by atoms with Crippen molar-refractivity contribution in [1.29, 1.82) is 0 Å². The van der Waals surface area contributed by atoms with E-state index >= 15 is 0 Å². The van der Waals surface area contributed by atoms with Crippen LogP contribution < -0.4 is 0 Å². The number of hydrogen-bond donors (Lipinski definition) is 1. The van der Waals surface area contributed by atoms with E-state index in [9.17, 15) is 17.2 Å². The highest BCUT2D eigenvalue weighted by molar-refractivity contribution is 7.89. The summed E-state index contributed by atoms with van der Waals surface area (Å²) in [6.07, 6.45) is 1.33. The van der Waals surface area contributed by atoms with Crippen molar-refractivity contribution in [3.05, 3.63) is 42.0 Å². The summed E-state index contributed by atoms with van der Waals surface area (Å²) < 4.78 is 57.8. The summed E-state index contributed by atoms with van der Waals surface area (Å²) in [5.41, 5.74) is -0.0298. The Kier molecular flexibility index (Phi) is 6.41. The zero-order chi connectivity index (χ0) is 16.0. The molecule has 0 atom stereocenters. The maximum absolute atomic E-state index is 13.8. The van der Waals surface area contributed by atoms with E-state index in [1.54, 1.807) is 0 Å². The largest absolute Gasteiger partial charge is 0.392 e. The number of hydrogen-bond acceptors (Lipinski definition) is 4. The molecule has 1 aromatic rings. The topological polar surface area (TPSA) is 66.8 Å². The van der Waals surface area contributed by atoms with Crippen molar-refractivity contribution in [2.45, 2.75) is 11.5 Å². The first kappa shape index (κ1) is 17.7. The third kappa shape index (κ3) is 4.07. The molecule has 1 rings (SSSR count). The van der Waals surface area contributed by atoms with Crippen molar-refractivity contribution in [1.82, 2.24) is 4.31 Å². The van der Waals surface area contributed by atoms with Crippen LogP contribution in [0.3, 0.4) is 0 Å². The van der Waals surface area contributed by atoms with Crippen LogP contribution >= 0.6 is 0 Å². The highest BCUT2D eigenvalue weighted by atomic mass is 32.2. The van der Waals surface area contributed by atoms with Gasteiger partial charge in [-0.2, -0.15) is 4.31 Å².